The topological polar surface area (TPSA) is 83.6 Å². The first-order valence-electron chi connectivity index (χ1n) is 12.5. The van der Waals surface area contributed by atoms with Crippen molar-refractivity contribution >= 4 is 28.3 Å². The lowest BCUT2D eigenvalue weighted by Crippen LogP contribution is -2.57. The van der Waals surface area contributed by atoms with Crippen LogP contribution in [0, 0.1) is 5.82 Å². The van der Waals surface area contributed by atoms with Crippen molar-refractivity contribution in [3.63, 3.8) is 0 Å². The van der Waals surface area contributed by atoms with Crippen LogP contribution in [0.1, 0.15) is 24.8 Å². The quantitative estimate of drug-likeness (QED) is 0.498. The fraction of sp³-hybridized carbons (Fsp3) is 0.321. The highest BCUT2D eigenvalue weighted by Crippen LogP contribution is 2.26. The second-order valence-electron chi connectivity index (χ2n) is 9.25. The molecule has 2 atom stereocenters. The maximum atomic E-state index is 13.2. The molecular weight excluding hydrogens is 491 g/mol. The molecule has 37 heavy (non-hydrogen) atoms. The van der Waals surface area contributed by atoms with Gasteiger partial charge in [-0.3, -0.25) is 14.5 Å². The summed E-state index contributed by atoms with van der Waals surface area (Å²) in [7, 11) is 0. The van der Waals surface area contributed by atoms with Gasteiger partial charge in [0.15, 0.2) is 11.7 Å². The number of amides is 2. The number of carbonyl (C=O) groups excluding carboxylic acids is 2. The molecule has 1 fully saturated rings. The first kappa shape index (κ1) is 25.1. The molecule has 2 amide bonds. The van der Waals surface area contributed by atoms with Gasteiger partial charge in [-0.05, 0) is 68.1 Å². The van der Waals surface area contributed by atoms with Gasteiger partial charge in [-0.25, -0.2) is 9.37 Å². The van der Waals surface area contributed by atoms with Gasteiger partial charge < -0.3 is 15.4 Å². The summed E-state index contributed by atoms with van der Waals surface area (Å²) in [6, 6.07) is 13.8. The minimum atomic E-state index is -0.303. The van der Waals surface area contributed by atoms with Crippen molar-refractivity contribution in [3.05, 3.63) is 77.4 Å². The normalized spacial score (nSPS) is 21.3. The van der Waals surface area contributed by atoms with Crippen molar-refractivity contribution in [2.24, 2.45) is 0 Å². The summed E-state index contributed by atoms with van der Waals surface area (Å²) in [4.78, 5) is 32.3. The van der Waals surface area contributed by atoms with Crippen molar-refractivity contribution in [3.8, 4) is 17.0 Å². The minimum Gasteiger partial charge on any atom is -0.483 e. The van der Waals surface area contributed by atoms with Gasteiger partial charge in [-0.1, -0.05) is 30.4 Å². The van der Waals surface area contributed by atoms with Crippen molar-refractivity contribution in [1.82, 2.24) is 15.2 Å². The smallest absolute Gasteiger partial charge is 0.258 e. The maximum absolute atomic E-state index is 13.2. The fourth-order valence-electron chi connectivity index (χ4n) is 4.88. The highest BCUT2D eigenvalue weighted by atomic mass is 32.1. The highest BCUT2D eigenvalue weighted by molar-refractivity contribution is 7.14. The number of benzene rings is 2. The Hall–Kier alpha value is -3.56. The second kappa shape index (κ2) is 11.7. The second-order valence-corrected chi connectivity index (χ2v) is 10.1. The van der Waals surface area contributed by atoms with Crippen LogP contribution in [0.25, 0.3) is 11.3 Å². The molecule has 0 radical (unpaired) electrons. The maximum Gasteiger partial charge on any atom is 0.258 e. The molecule has 1 aromatic heterocycles. The zero-order valence-electron chi connectivity index (χ0n) is 20.4. The van der Waals surface area contributed by atoms with Crippen molar-refractivity contribution < 1.29 is 18.7 Å². The van der Waals surface area contributed by atoms with E-state index in [0.717, 1.165) is 49.1 Å². The average Bonchev–Trinajstić information content (AvgIpc) is 3.35. The number of likely N-dealkylation sites (tertiary alicyclic amines) is 1. The molecule has 2 aliphatic heterocycles. The van der Waals surface area contributed by atoms with Gasteiger partial charge >= 0.3 is 0 Å². The molecular formula is C28H29FN4O3S. The molecule has 0 spiro atoms. The molecule has 3 aromatic rings. The number of thiazole rings is 1. The molecule has 1 saturated heterocycles. The number of halogens is 1. The van der Waals surface area contributed by atoms with Gasteiger partial charge in [0.1, 0.15) is 11.6 Å². The van der Waals surface area contributed by atoms with Gasteiger partial charge in [-0.2, -0.15) is 0 Å². The molecule has 2 aliphatic rings. The van der Waals surface area contributed by atoms with Crippen LogP contribution in [-0.4, -0.2) is 53.5 Å². The summed E-state index contributed by atoms with van der Waals surface area (Å²) in [5.41, 5.74) is 2.51. The number of ether oxygens (including phenoxy) is 1. The van der Waals surface area contributed by atoms with Crippen LogP contribution in [0.4, 0.5) is 9.52 Å². The van der Waals surface area contributed by atoms with Crippen LogP contribution >= 0.6 is 11.3 Å². The molecule has 2 N–H and O–H groups in total. The average molecular weight is 521 g/mol. The third kappa shape index (κ3) is 6.42. The van der Waals surface area contributed by atoms with E-state index in [0.29, 0.717) is 10.8 Å². The predicted octanol–water partition coefficient (Wildman–Crippen LogP) is 4.42. The Bertz CT molecular complexity index is 1280. The summed E-state index contributed by atoms with van der Waals surface area (Å²) >= 11 is 1.33. The fourth-order valence-corrected chi connectivity index (χ4v) is 5.62. The summed E-state index contributed by atoms with van der Waals surface area (Å²) in [6.45, 7) is 0.941. The Labute approximate surface area is 219 Å². The monoisotopic (exact) mass is 520 g/mol. The molecule has 0 bridgehead atoms. The number of nitrogens with one attached hydrogen (secondary N) is 2. The lowest BCUT2D eigenvalue weighted by Gasteiger charge is -2.41. The van der Waals surface area contributed by atoms with Crippen LogP contribution in [0.5, 0.6) is 5.75 Å². The molecule has 0 aliphatic carbocycles. The predicted molar refractivity (Wildman–Crippen MR) is 142 cm³/mol. The summed E-state index contributed by atoms with van der Waals surface area (Å²) in [5.74, 6) is 0.115. The number of carbonyl (C=O) groups is 2. The van der Waals surface area contributed by atoms with Crippen molar-refractivity contribution in [2.45, 2.75) is 37.8 Å². The number of hydrogen-bond donors (Lipinski definition) is 2. The SMILES string of the molecule is O=C(CN1CCC[C@H]2NC(=O)COc3ccccc3C/C=C/C[C@H]21)Nc1nc(-c2ccc(F)cc2)cs1. The highest BCUT2D eigenvalue weighted by Gasteiger charge is 2.33. The number of nitrogens with zero attached hydrogens (tertiary/aromatic N) is 2. The van der Waals surface area contributed by atoms with Gasteiger partial charge in [0, 0.05) is 23.0 Å². The van der Waals surface area contributed by atoms with E-state index in [-0.39, 0.29) is 42.9 Å². The number of fused-ring (bicyclic) bond motifs is 2. The molecule has 9 heteroatoms. The lowest BCUT2D eigenvalue weighted by atomic mass is 9.92. The molecule has 0 unspecified atom stereocenters. The Morgan fingerprint density at radius 1 is 1.19 bits per heavy atom. The molecule has 192 valence electrons. The zero-order valence-corrected chi connectivity index (χ0v) is 21.2. The van der Waals surface area contributed by atoms with E-state index in [1.54, 1.807) is 12.1 Å². The molecule has 5 rings (SSSR count). The number of allylic oxidation sites excluding steroid dienone is 1. The van der Waals surface area contributed by atoms with Crippen LogP contribution in [-0.2, 0) is 16.0 Å². The van der Waals surface area contributed by atoms with Crippen LogP contribution in [0.3, 0.4) is 0 Å². The molecule has 7 nitrogen and oxygen atoms in total. The van der Waals surface area contributed by atoms with Crippen molar-refractivity contribution in [1.29, 1.82) is 0 Å². The van der Waals surface area contributed by atoms with E-state index in [2.05, 4.69) is 32.7 Å². The van der Waals surface area contributed by atoms with E-state index in [1.807, 2.05) is 29.6 Å². The van der Waals surface area contributed by atoms with E-state index < -0.39 is 0 Å². The first-order valence-corrected chi connectivity index (χ1v) is 13.3. The summed E-state index contributed by atoms with van der Waals surface area (Å²) in [6.07, 6.45) is 7.44. The first-order chi connectivity index (χ1) is 18.0. The largest absolute Gasteiger partial charge is 0.483 e. The Kier molecular flexibility index (Phi) is 7.91. The number of anilines is 1. The number of hydrogen-bond acceptors (Lipinski definition) is 6. The van der Waals surface area contributed by atoms with Gasteiger partial charge in [0.2, 0.25) is 5.91 Å². The standard InChI is InChI=1S/C28H29FN4O3S/c29-21-13-11-19(12-14-21)23-18-37-28(31-23)32-26(34)16-33-15-5-8-22-24(33)9-3-1-6-20-7-2-4-10-25(20)36-17-27(35)30-22/h1-4,7,10-14,18,22,24H,5-6,8-9,15-17H2,(H,30,35)(H,31,32,34)/b3-1+/t22-,24-/m1/s1. The Balaban J connectivity index is 1.25. The molecule has 2 aromatic carbocycles. The lowest BCUT2D eigenvalue weighted by molar-refractivity contribution is -0.124. The van der Waals surface area contributed by atoms with E-state index in [1.165, 1.54) is 23.5 Å². The minimum absolute atomic E-state index is 0.000409. The third-order valence-corrected chi connectivity index (χ3v) is 7.45. The van der Waals surface area contributed by atoms with E-state index in [9.17, 15) is 14.0 Å². The number of para-hydroxylation sites is 1. The Morgan fingerprint density at radius 3 is 2.89 bits per heavy atom. The third-order valence-electron chi connectivity index (χ3n) is 6.69. The van der Waals surface area contributed by atoms with Crippen LogP contribution in [0.2, 0.25) is 0 Å². The molecule has 0 saturated carbocycles. The van der Waals surface area contributed by atoms with Crippen LogP contribution in [0.15, 0.2) is 66.1 Å². The van der Waals surface area contributed by atoms with E-state index in [4.69, 9.17) is 4.74 Å². The number of aromatic nitrogens is 1. The Morgan fingerprint density at radius 2 is 2.03 bits per heavy atom. The van der Waals surface area contributed by atoms with Gasteiger partial charge in [0.25, 0.3) is 5.91 Å². The molecule has 3 heterocycles. The zero-order chi connectivity index (χ0) is 25.6. The van der Waals surface area contributed by atoms with Crippen molar-refractivity contribution in [2.75, 3.05) is 25.0 Å². The summed E-state index contributed by atoms with van der Waals surface area (Å²) in [5, 5.41) is 8.38. The van der Waals surface area contributed by atoms with Crippen LogP contribution < -0.4 is 15.4 Å². The van der Waals surface area contributed by atoms with Gasteiger partial charge in [-0.15, -0.1) is 11.3 Å². The number of rotatable bonds is 4. The number of piperidine rings is 1. The summed E-state index contributed by atoms with van der Waals surface area (Å²) < 4.78 is 19.0. The van der Waals surface area contributed by atoms with E-state index >= 15 is 0 Å². The van der Waals surface area contributed by atoms with Gasteiger partial charge in [0.05, 0.1) is 12.2 Å².